The van der Waals surface area contributed by atoms with Crippen molar-refractivity contribution < 1.29 is 38.2 Å². The molecule has 0 saturated carbocycles. The molecule has 1 saturated heterocycles. The first-order valence-electron chi connectivity index (χ1n) is 10.1. The third kappa shape index (κ3) is 10.0. The van der Waals surface area contributed by atoms with Gasteiger partial charge < -0.3 is 19.1 Å². The van der Waals surface area contributed by atoms with Gasteiger partial charge in [0.05, 0.1) is 65.7 Å². The first-order chi connectivity index (χ1) is 14.2. The normalized spacial score (nSPS) is 16.2. The van der Waals surface area contributed by atoms with Crippen molar-refractivity contribution in [2.75, 3.05) is 59.3 Å². The highest BCUT2D eigenvalue weighted by Crippen LogP contribution is 2.17. The van der Waals surface area contributed by atoms with E-state index in [1.165, 1.54) is 23.6 Å². The maximum atomic E-state index is 12.1. The lowest BCUT2D eigenvalue weighted by atomic mass is 10.1. The number of hydrogen-bond donors (Lipinski definition) is 0. The number of ether oxygens (including phenoxy) is 3. The van der Waals surface area contributed by atoms with Crippen LogP contribution in [0.3, 0.4) is 0 Å². The third-order valence-electron chi connectivity index (χ3n) is 4.31. The van der Waals surface area contributed by atoms with E-state index in [0.29, 0.717) is 26.4 Å². The van der Waals surface area contributed by atoms with Crippen LogP contribution in [-0.4, -0.2) is 98.4 Å². The molecule has 1 fully saturated rings. The number of likely N-dealkylation sites (tertiary alicyclic amines) is 1. The maximum absolute atomic E-state index is 12.1. The maximum Gasteiger partial charge on any atom is 0.232 e. The van der Waals surface area contributed by atoms with Crippen LogP contribution in [-0.2, 0) is 38.2 Å². The molecule has 10 heteroatoms. The smallest absolute Gasteiger partial charge is 0.232 e. The molecule has 0 aromatic carbocycles. The standard InChI is InChI=1S/C20H32N2O8/c1-15-12-19(26)22(20(15)27)5-7-29-9-11-30-10-8-28-6-4-18(25)21(13-16(2)23)14-17(3)24/h15H,4-14H2,1-3H3. The fraction of sp³-hybridized carbons (Fsp3) is 0.750. The number of carbonyl (C=O) groups excluding carboxylic acids is 5. The number of carbonyl (C=O) groups is 5. The first-order valence-corrected chi connectivity index (χ1v) is 10.1. The topological polar surface area (TPSA) is 120 Å². The Morgan fingerprint density at radius 1 is 0.900 bits per heavy atom. The van der Waals surface area contributed by atoms with Gasteiger partial charge in [0.25, 0.3) is 0 Å². The summed E-state index contributed by atoms with van der Waals surface area (Å²) in [5, 5.41) is 0. The van der Waals surface area contributed by atoms with Crippen LogP contribution in [0, 0.1) is 5.92 Å². The van der Waals surface area contributed by atoms with Crippen molar-refractivity contribution in [3.05, 3.63) is 0 Å². The average molecular weight is 428 g/mol. The van der Waals surface area contributed by atoms with Gasteiger partial charge in [-0.3, -0.25) is 28.9 Å². The molecular formula is C20H32N2O8. The van der Waals surface area contributed by atoms with Crippen molar-refractivity contribution in [1.29, 1.82) is 0 Å². The Labute approximate surface area is 176 Å². The summed E-state index contributed by atoms with van der Waals surface area (Å²) in [5.41, 5.74) is 0. The van der Waals surface area contributed by atoms with E-state index in [9.17, 15) is 24.0 Å². The molecule has 0 N–H and O–H groups in total. The van der Waals surface area contributed by atoms with Gasteiger partial charge in [0.2, 0.25) is 17.7 Å². The minimum atomic E-state index is -0.306. The van der Waals surface area contributed by atoms with Gasteiger partial charge in [-0.1, -0.05) is 6.92 Å². The van der Waals surface area contributed by atoms with E-state index >= 15 is 0 Å². The van der Waals surface area contributed by atoms with Crippen molar-refractivity contribution in [3.63, 3.8) is 0 Å². The number of Topliss-reactive ketones (excluding diaryl/α,β-unsaturated/α-hetero) is 2. The fourth-order valence-corrected chi connectivity index (χ4v) is 2.87. The monoisotopic (exact) mass is 428 g/mol. The van der Waals surface area contributed by atoms with E-state index < -0.39 is 0 Å². The van der Waals surface area contributed by atoms with Crippen LogP contribution in [0.25, 0.3) is 0 Å². The second kappa shape index (κ2) is 13.9. The van der Waals surface area contributed by atoms with E-state index in [1.807, 2.05) is 0 Å². The second-order valence-electron chi connectivity index (χ2n) is 7.23. The van der Waals surface area contributed by atoms with Gasteiger partial charge in [0.1, 0.15) is 11.6 Å². The van der Waals surface area contributed by atoms with Crippen LogP contribution in [0.15, 0.2) is 0 Å². The molecule has 1 unspecified atom stereocenters. The van der Waals surface area contributed by atoms with Crippen molar-refractivity contribution in [2.45, 2.75) is 33.6 Å². The minimum Gasteiger partial charge on any atom is -0.379 e. The molecule has 0 bridgehead atoms. The summed E-state index contributed by atoms with van der Waals surface area (Å²) in [7, 11) is 0. The minimum absolute atomic E-state index is 0.0796. The predicted molar refractivity (Wildman–Crippen MR) is 106 cm³/mol. The summed E-state index contributed by atoms with van der Waals surface area (Å²) in [6.45, 7) is 6.27. The average Bonchev–Trinajstić information content (AvgIpc) is 2.90. The summed E-state index contributed by atoms with van der Waals surface area (Å²) >= 11 is 0. The van der Waals surface area contributed by atoms with E-state index in [-0.39, 0.29) is 80.9 Å². The van der Waals surface area contributed by atoms with E-state index in [4.69, 9.17) is 14.2 Å². The van der Waals surface area contributed by atoms with Crippen LogP contribution >= 0.6 is 0 Å². The number of imide groups is 1. The summed E-state index contributed by atoms with van der Waals surface area (Å²) in [6, 6.07) is 0. The Morgan fingerprint density at radius 3 is 1.87 bits per heavy atom. The third-order valence-corrected chi connectivity index (χ3v) is 4.31. The molecule has 0 aromatic rings. The van der Waals surface area contributed by atoms with Gasteiger partial charge in [-0.2, -0.15) is 0 Å². The Kier molecular flexibility index (Phi) is 12.0. The summed E-state index contributed by atoms with van der Waals surface area (Å²) in [4.78, 5) is 60.3. The van der Waals surface area contributed by atoms with Crippen LogP contribution in [0.2, 0.25) is 0 Å². The van der Waals surface area contributed by atoms with Gasteiger partial charge in [-0.05, 0) is 13.8 Å². The quantitative estimate of drug-likeness (QED) is 0.245. The molecule has 170 valence electrons. The lowest BCUT2D eigenvalue weighted by molar-refractivity contribution is -0.140. The molecule has 3 amide bonds. The molecule has 1 heterocycles. The van der Waals surface area contributed by atoms with Crippen molar-refractivity contribution in [1.82, 2.24) is 9.80 Å². The molecular weight excluding hydrogens is 396 g/mol. The molecule has 1 rings (SSSR count). The molecule has 0 radical (unpaired) electrons. The predicted octanol–water partition coefficient (Wildman–Crippen LogP) is -0.172. The number of nitrogens with zero attached hydrogens (tertiary/aromatic N) is 2. The van der Waals surface area contributed by atoms with Gasteiger partial charge in [0, 0.05) is 12.3 Å². The van der Waals surface area contributed by atoms with Crippen LogP contribution in [0.4, 0.5) is 0 Å². The van der Waals surface area contributed by atoms with Gasteiger partial charge in [0.15, 0.2) is 0 Å². The summed E-state index contributed by atoms with van der Waals surface area (Å²) < 4.78 is 16.0. The molecule has 0 spiro atoms. The lowest BCUT2D eigenvalue weighted by Crippen LogP contribution is -2.38. The second-order valence-corrected chi connectivity index (χ2v) is 7.23. The number of rotatable bonds is 16. The molecule has 30 heavy (non-hydrogen) atoms. The fourth-order valence-electron chi connectivity index (χ4n) is 2.87. The van der Waals surface area contributed by atoms with Crippen molar-refractivity contribution >= 4 is 29.3 Å². The van der Waals surface area contributed by atoms with Gasteiger partial charge in [-0.15, -0.1) is 0 Å². The Bertz CT molecular complexity index is 606. The summed E-state index contributed by atoms with van der Waals surface area (Å²) in [5.74, 6) is -1.24. The van der Waals surface area contributed by atoms with Gasteiger partial charge in [-0.25, -0.2) is 0 Å². The van der Waals surface area contributed by atoms with Gasteiger partial charge >= 0.3 is 0 Å². The number of ketones is 2. The van der Waals surface area contributed by atoms with Crippen molar-refractivity contribution in [3.8, 4) is 0 Å². The highest BCUT2D eigenvalue weighted by molar-refractivity contribution is 6.03. The van der Waals surface area contributed by atoms with Crippen LogP contribution in [0.5, 0.6) is 0 Å². The molecule has 1 aliphatic heterocycles. The molecule has 0 aliphatic carbocycles. The molecule has 1 atom stereocenters. The molecule has 10 nitrogen and oxygen atoms in total. The zero-order chi connectivity index (χ0) is 22.5. The number of hydrogen-bond acceptors (Lipinski definition) is 8. The zero-order valence-corrected chi connectivity index (χ0v) is 18.0. The highest BCUT2D eigenvalue weighted by atomic mass is 16.5. The Balaban J connectivity index is 2.01. The van der Waals surface area contributed by atoms with Crippen LogP contribution in [0.1, 0.15) is 33.6 Å². The SMILES string of the molecule is CC(=O)CN(CC(C)=O)C(=O)CCOCCOCCOCCN1C(=O)CC(C)C1=O. The molecule has 1 aliphatic rings. The van der Waals surface area contributed by atoms with E-state index in [0.717, 1.165) is 0 Å². The molecule has 0 aromatic heterocycles. The largest absolute Gasteiger partial charge is 0.379 e. The summed E-state index contributed by atoms with van der Waals surface area (Å²) in [6.07, 6.45) is 0.343. The Hall–Kier alpha value is -2.17. The van der Waals surface area contributed by atoms with Crippen molar-refractivity contribution in [2.24, 2.45) is 5.92 Å². The Morgan fingerprint density at radius 2 is 1.40 bits per heavy atom. The van der Waals surface area contributed by atoms with Crippen LogP contribution < -0.4 is 0 Å². The number of amides is 3. The highest BCUT2D eigenvalue weighted by Gasteiger charge is 2.34. The first kappa shape index (κ1) is 25.9. The lowest BCUT2D eigenvalue weighted by Gasteiger charge is -2.19. The van der Waals surface area contributed by atoms with E-state index in [1.54, 1.807) is 6.92 Å². The van der Waals surface area contributed by atoms with E-state index in [2.05, 4.69) is 0 Å². The zero-order valence-electron chi connectivity index (χ0n) is 18.0.